The van der Waals surface area contributed by atoms with Crippen molar-refractivity contribution in [3.63, 3.8) is 0 Å². The molecule has 0 amide bonds. The minimum absolute atomic E-state index is 0.00741. The lowest BCUT2D eigenvalue weighted by Gasteiger charge is -2.06. The van der Waals surface area contributed by atoms with Gasteiger partial charge in [-0.05, 0) is 24.6 Å². The Balaban J connectivity index is 2.18. The molecule has 21 heavy (non-hydrogen) atoms. The maximum absolute atomic E-state index is 9.92. The molecule has 0 saturated heterocycles. The molecule has 0 saturated carbocycles. The van der Waals surface area contributed by atoms with E-state index in [2.05, 4.69) is 15.2 Å². The zero-order valence-corrected chi connectivity index (χ0v) is 12.1. The summed E-state index contributed by atoms with van der Waals surface area (Å²) in [7, 11) is 0. The molecule has 1 aromatic heterocycles. The van der Waals surface area contributed by atoms with Gasteiger partial charge in [-0.25, -0.2) is 0 Å². The first-order valence-electron chi connectivity index (χ1n) is 6.22. The Bertz CT molecular complexity index is 682. The average molecular weight is 304 g/mol. The van der Waals surface area contributed by atoms with Gasteiger partial charge in [-0.1, -0.05) is 23.7 Å². The third-order valence-electron chi connectivity index (χ3n) is 2.86. The van der Waals surface area contributed by atoms with Crippen LogP contribution >= 0.6 is 11.6 Å². The summed E-state index contributed by atoms with van der Waals surface area (Å²) in [5.41, 5.74) is 2.23. The largest absolute Gasteiger partial charge is 0.505 e. The second kappa shape index (κ2) is 6.97. The van der Waals surface area contributed by atoms with Crippen molar-refractivity contribution >= 4 is 24.0 Å². The molecule has 0 radical (unpaired) electrons. The molecule has 2 N–H and O–H groups in total. The number of aliphatic hydroxyl groups excluding tert-OH is 1. The Labute approximate surface area is 127 Å². The van der Waals surface area contributed by atoms with Crippen LogP contribution in [0.1, 0.15) is 22.4 Å². The molecule has 0 aliphatic heterocycles. The zero-order chi connectivity index (χ0) is 15.2. The topological polar surface area (TPSA) is 78.1 Å². The number of pyridine rings is 1. The van der Waals surface area contributed by atoms with Crippen LogP contribution in [0.2, 0.25) is 5.02 Å². The first-order valence-corrected chi connectivity index (χ1v) is 6.60. The van der Waals surface area contributed by atoms with E-state index in [0.29, 0.717) is 21.8 Å². The van der Waals surface area contributed by atoms with E-state index in [1.165, 1.54) is 12.4 Å². The molecule has 1 aromatic carbocycles. The highest BCUT2D eigenvalue weighted by molar-refractivity contribution is 6.30. The van der Waals surface area contributed by atoms with E-state index in [-0.39, 0.29) is 12.4 Å². The van der Waals surface area contributed by atoms with Crippen LogP contribution in [0, 0.1) is 6.92 Å². The second-order valence-electron chi connectivity index (χ2n) is 4.33. The highest BCUT2D eigenvalue weighted by Crippen LogP contribution is 2.21. The van der Waals surface area contributed by atoms with Gasteiger partial charge in [0.1, 0.15) is 5.75 Å². The first kappa shape index (κ1) is 15.2. The summed E-state index contributed by atoms with van der Waals surface area (Å²) >= 11 is 5.79. The Kier molecular flexibility index (Phi) is 5.03. The Morgan fingerprint density at radius 3 is 2.52 bits per heavy atom. The third-order valence-corrected chi connectivity index (χ3v) is 3.11. The highest BCUT2D eigenvalue weighted by atomic mass is 35.5. The molecule has 1 heterocycles. The van der Waals surface area contributed by atoms with Gasteiger partial charge in [0.05, 0.1) is 24.7 Å². The molecule has 6 heteroatoms. The van der Waals surface area contributed by atoms with Gasteiger partial charge >= 0.3 is 0 Å². The van der Waals surface area contributed by atoms with Crippen LogP contribution in [-0.2, 0) is 6.61 Å². The summed E-state index contributed by atoms with van der Waals surface area (Å²) in [4.78, 5) is 3.97. The first-order chi connectivity index (χ1) is 10.1. The van der Waals surface area contributed by atoms with Gasteiger partial charge in [0.2, 0.25) is 0 Å². The maximum atomic E-state index is 9.92. The fraction of sp³-hybridized carbons (Fsp3) is 0.133. The van der Waals surface area contributed by atoms with Crippen LogP contribution in [0.4, 0.5) is 0 Å². The van der Waals surface area contributed by atoms with Crippen LogP contribution in [-0.4, -0.2) is 27.6 Å². The van der Waals surface area contributed by atoms with E-state index in [1.54, 1.807) is 25.3 Å². The van der Waals surface area contributed by atoms with E-state index in [9.17, 15) is 10.2 Å². The van der Waals surface area contributed by atoms with Crippen LogP contribution < -0.4 is 0 Å². The highest BCUT2D eigenvalue weighted by Gasteiger charge is 2.08. The SMILES string of the molecule is Cc1ncc(CO)c(/C=N/N=Cc2ccc(Cl)cc2)c1O. The maximum Gasteiger partial charge on any atom is 0.145 e. The summed E-state index contributed by atoms with van der Waals surface area (Å²) in [5, 5.41) is 27.6. The molecule has 108 valence electrons. The summed E-state index contributed by atoms with van der Waals surface area (Å²) in [6.45, 7) is 1.44. The monoisotopic (exact) mass is 303 g/mol. The molecule has 0 aliphatic rings. The lowest BCUT2D eigenvalue weighted by Crippen LogP contribution is -1.97. The Morgan fingerprint density at radius 2 is 1.86 bits per heavy atom. The number of nitrogens with zero attached hydrogens (tertiary/aromatic N) is 3. The summed E-state index contributed by atoms with van der Waals surface area (Å²) in [6.07, 6.45) is 4.46. The van der Waals surface area contributed by atoms with Gasteiger partial charge in [-0.2, -0.15) is 10.2 Å². The van der Waals surface area contributed by atoms with Crippen molar-refractivity contribution in [3.8, 4) is 5.75 Å². The molecular formula is C15H14ClN3O2. The number of aryl methyl sites for hydroxylation is 1. The number of aliphatic hydroxyl groups is 1. The second-order valence-corrected chi connectivity index (χ2v) is 4.77. The van der Waals surface area contributed by atoms with Gasteiger partial charge in [0.15, 0.2) is 0 Å². The van der Waals surface area contributed by atoms with Crippen LogP contribution in [0.5, 0.6) is 5.75 Å². The average Bonchev–Trinajstić information content (AvgIpc) is 2.49. The minimum Gasteiger partial charge on any atom is -0.505 e. The predicted molar refractivity (Wildman–Crippen MR) is 83.2 cm³/mol. The molecule has 0 bridgehead atoms. The van der Waals surface area contributed by atoms with Crippen molar-refractivity contribution in [1.29, 1.82) is 0 Å². The number of aromatic hydroxyl groups is 1. The van der Waals surface area contributed by atoms with Crippen LogP contribution in [0.25, 0.3) is 0 Å². The van der Waals surface area contributed by atoms with Gasteiger partial charge < -0.3 is 10.2 Å². The molecule has 5 nitrogen and oxygen atoms in total. The Hall–Kier alpha value is -2.24. The van der Waals surface area contributed by atoms with E-state index >= 15 is 0 Å². The zero-order valence-electron chi connectivity index (χ0n) is 11.4. The fourth-order valence-electron chi connectivity index (χ4n) is 1.66. The number of benzene rings is 1. The predicted octanol–water partition coefficient (Wildman–Crippen LogP) is 2.69. The minimum atomic E-state index is -0.233. The standard InChI is InChI=1S/C15H14ClN3O2/c1-10-15(21)14(12(9-20)7-17-10)8-19-18-6-11-2-4-13(16)5-3-11/h2-8,20-21H,9H2,1H3/b18-6?,19-8+. The van der Waals surface area contributed by atoms with E-state index in [1.807, 2.05) is 12.1 Å². The Morgan fingerprint density at radius 1 is 1.19 bits per heavy atom. The molecule has 2 aromatic rings. The van der Waals surface area contributed by atoms with Crippen molar-refractivity contribution in [2.24, 2.45) is 10.2 Å². The van der Waals surface area contributed by atoms with Crippen molar-refractivity contribution in [1.82, 2.24) is 4.98 Å². The van der Waals surface area contributed by atoms with E-state index < -0.39 is 0 Å². The number of halogens is 1. The molecule has 0 atom stereocenters. The van der Waals surface area contributed by atoms with Gasteiger partial charge in [0, 0.05) is 22.3 Å². The number of rotatable bonds is 4. The molecule has 2 rings (SSSR count). The van der Waals surface area contributed by atoms with Gasteiger partial charge in [0.25, 0.3) is 0 Å². The lowest BCUT2D eigenvalue weighted by molar-refractivity contribution is 0.280. The quantitative estimate of drug-likeness (QED) is 0.673. The number of hydrogen-bond acceptors (Lipinski definition) is 5. The third kappa shape index (κ3) is 3.87. The normalized spacial score (nSPS) is 11.6. The van der Waals surface area contributed by atoms with Crippen molar-refractivity contribution in [2.45, 2.75) is 13.5 Å². The van der Waals surface area contributed by atoms with Gasteiger partial charge in [-0.15, -0.1) is 0 Å². The molecule has 0 fully saturated rings. The lowest BCUT2D eigenvalue weighted by atomic mass is 10.1. The summed E-state index contributed by atoms with van der Waals surface area (Å²) in [6, 6.07) is 7.15. The fourth-order valence-corrected chi connectivity index (χ4v) is 1.79. The van der Waals surface area contributed by atoms with Gasteiger partial charge in [-0.3, -0.25) is 4.98 Å². The van der Waals surface area contributed by atoms with Crippen molar-refractivity contribution in [3.05, 3.63) is 57.9 Å². The van der Waals surface area contributed by atoms with E-state index in [4.69, 9.17) is 11.6 Å². The number of aromatic nitrogens is 1. The summed E-state index contributed by atoms with van der Waals surface area (Å²) in [5.74, 6) is -0.00741. The molecule has 0 spiro atoms. The van der Waals surface area contributed by atoms with E-state index in [0.717, 1.165) is 5.56 Å². The smallest absolute Gasteiger partial charge is 0.145 e. The molecular weight excluding hydrogens is 290 g/mol. The number of hydrogen-bond donors (Lipinski definition) is 2. The molecule has 0 unspecified atom stereocenters. The van der Waals surface area contributed by atoms with Crippen molar-refractivity contribution < 1.29 is 10.2 Å². The van der Waals surface area contributed by atoms with Crippen LogP contribution in [0.15, 0.2) is 40.7 Å². The van der Waals surface area contributed by atoms with Crippen molar-refractivity contribution in [2.75, 3.05) is 0 Å². The van der Waals surface area contributed by atoms with Crippen LogP contribution in [0.3, 0.4) is 0 Å². The molecule has 0 aliphatic carbocycles. The summed E-state index contributed by atoms with van der Waals surface area (Å²) < 4.78 is 0.